The van der Waals surface area contributed by atoms with Crippen LogP contribution in [0.25, 0.3) is 5.57 Å². The van der Waals surface area contributed by atoms with Gasteiger partial charge in [-0.1, -0.05) is 83.7 Å². The highest BCUT2D eigenvalue weighted by Gasteiger charge is 2.43. The second kappa shape index (κ2) is 7.45. The standard InChI is InChI=1S/C19H24.C2H6/c1-6-11-15-16-12-9-10-13-18(16)19(8-3,14(4)5)17(15)7-2;1-2/h6-7,9-14H,2,8H2,1,3-5H3;1-2H3/b11-6-;. The largest absolute Gasteiger partial charge is 0.0987 e. The van der Waals surface area contributed by atoms with E-state index in [1.54, 1.807) is 0 Å². The first-order valence-electron chi connectivity index (χ1n) is 8.23. The van der Waals surface area contributed by atoms with Gasteiger partial charge in [0.25, 0.3) is 0 Å². The number of allylic oxidation sites excluding steroid dienone is 5. The molecule has 1 atom stereocenters. The highest BCUT2D eigenvalue weighted by molar-refractivity contribution is 5.88. The van der Waals surface area contributed by atoms with Crippen LogP contribution >= 0.6 is 0 Å². The topological polar surface area (TPSA) is 0 Å². The molecule has 1 unspecified atom stereocenters. The van der Waals surface area contributed by atoms with Crippen LogP contribution in [0.3, 0.4) is 0 Å². The zero-order valence-electron chi connectivity index (χ0n) is 14.5. The molecule has 0 heterocycles. The van der Waals surface area contributed by atoms with Crippen LogP contribution < -0.4 is 0 Å². The first-order chi connectivity index (χ1) is 10.1. The number of hydrogen-bond acceptors (Lipinski definition) is 0. The fraction of sp³-hybridized carbons (Fsp3) is 0.429. The van der Waals surface area contributed by atoms with Crippen molar-refractivity contribution in [2.75, 3.05) is 0 Å². The van der Waals surface area contributed by atoms with E-state index < -0.39 is 0 Å². The maximum Gasteiger partial charge on any atom is 0.0235 e. The Hall–Kier alpha value is -1.56. The normalized spacial score (nSPS) is 20.5. The van der Waals surface area contributed by atoms with Gasteiger partial charge in [0.15, 0.2) is 0 Å². The van der Waals surface area contributed by atoms with Crippen molar-refractivity contribution >= 4 is 5.57 Å². The highest BCUT2D eigenvalue weighted by Crippen LogP contribution is 2.53. The molecule has 0 heteroatoms. The van der Waals surface area contributed by atoms with Gasteiger partial charge in [-0.15, -0.1) is 0 Å². The maximum atomic E-state index is 4.09. The minimum absolute atomic E-state index is 0.118. The summed E-state index contributed by atoms with van der Waals surface area (Å²) in [6.07, 6.45) is 7.54. The zero-order valence-corrected chi connectivity index (χ0v) is 14.5. The molecule has 0 fully saturated rings. The molecule has 114 valence electrons. The SMILES string of the molecule is C=CC1=C(/C=C\C)c2ccccc2C1(CC)C(C)C.CC. The molecule has 1 aliphatic carbocycles. The predicted molar refractivity (Wildman–Crippen MR) is 96.5 cm³/mol. The van der Waals surface area contributed by atoms with E-state index in [1.807, 2.05) is 13.8 Å². The van der Waals surface area contributed by atoms with Crippen molar-refractivity contribution < 1.29 is 0 Å². The Morgan fingerprint density at radius 1 is 1.19 bits per heavy atom. The quantitative estimate of drug-likeness (QED) is 0.587. The monoisotopic (exact) mass is 282 g/mol. The van der Waals surface area contributed by atoms with Crippen molar-refractivity contribution in [2.24, 2.45) is 5.92 Å². The molecule has 0 N–H and O–H groups in total. The Morgan fingerprint density at radius 2 is 1.81 bits per heavy atom. The number of hydrogen-bond donors (Lipinski definition) is 0. The Bertz CT molecular complexity index is 543. The van der Waals surface area contributed by atoms with Crippen LogP contribution in [0.2, 0.25) is 0 Å². The molecule has 0 saturated carbocycles. The van der Waals surface area contributed by atoms with Gasteiger partial charge in [0.1, 0.15) is 0 Å². The summed E-state index contributed by atoms with van der Waals surface area (Å²) in [6, 6.07) is 8.83. The van der Waals surface area contributed by atoms with Crippen LogP contribution in [0.4, 0.5) is 0 Å². The predicted octanol–water partition coefficient (Wildman–Crippen LogP) is 6.55. The second-order valence-corrected chi connectivity index (χ2v) is 5.56. The summed E-state index contributed by atoms with van der Waals surface area (Å²) in [5.41, 5.74) is 5.71. The highest BCUT2D eigenvalue weighted by atomic mass is 14.5. The molecule has 0 spiro atoms. The van der Waals surface area contributed by atoms with Crippen LogP contribution in [-0.2, 0) is 5.41 Å². The van der Waals surface area contributed by atoms with Crippen molar-refractivity contribution in [1.29, 1.82) is 0 Å². The lowest BCUT2D eigenvalue weighted by Crippen LogP contribution is -2.31. The molecule has 1 aromatic rings. The second-order valence-electron chi connectivity index (χ2n) is 5.56. The molecule has 0 aliphatic heterocycles. The Labute approximate surface area is 131 Å². The summed E-state index contributed by atoms with van der Waals surface area (Å²) >= 11 is 0. The van der Waals surface area contributed by atoms with Gasteiger partial charge in [0.2, 0.25) is 0 Å². The minimum Gasteiger partial charge on any atom is -0.0987 e. The van der Waals surface area contributed by atoms with Crippen LogP contribution in [0, 0.1) is 5.92 Å². The van der Waals surface area contributed by atoms with E-state index in [-0.39, 0.29) is 5.41 Å². The van der Waals surface area contributed by atoms with E-state index in [4.69, 9.17) is 0 Å². The molecule has 0 bridgehead atoms. The van der Waals surface area contributed by atoms with Crippen LogP contribution in [0.15, 0.2) is 54.6 Å². The molecule has 0 nitrogen and oxygen atoms in total. The maximum absolute atomic E-state index is 4.09. The minimum atomic E-state index is 0.118. The molecule has 0 saturated heterocycles. The Kier molecular flexibility index (Phi) is 6.20. The lowest BCUT2D eigenvalue weighted by atomic mass is 9.67. The van der Waals surface area contributed by atoms with E-state index in [0.717, 1.165) is 6.42 Å². The van der Waals surface area contributed by atoms with Crippen molar-refractivity contribution in [3.05, 3.63) is 65.8 Å². The molecule has 1 aromatic carbocycles. The first kappa shape index (κ1) is 17.5. The van der Waals surface area contributed by atoms with Gasteiger partial charge in [0.05, 0.1) is 0 Å². The fourth-order valence-electron chi connectivity index (χ4n) is 3.69. The van der Waals surface area contributed by atoms with Crippen LogP contribution in [0.5, 0.6) is 0 Å². The van der Waals surface area contributed by atoms with Crippen LogP contribution in [-0.4, -0.2) is 0 Å². The summed E-state index contributed by atoms with van der Waals surface area (Å²) in [7, 11) is 0. The third-order valence-corrected chi connectivity index (χ3v) is 4.55. The van der Waals surface area contributed by atoms with Gasteiger partial charge in [-0.3, -0.25) is 0 Å². The van der Waals surface area contributed by atoms with Crippen molar-refractivity contribution in [1.82, 2.24) is 0 Å². The van der Waals surface area contributed by atoms with E-state index in [2.05, 4.69) is 76.8 Å². The average molecular weight is 282 g/mol. The Balaban J connectivity index is 0.00000106. The van der Waals surface area contributed by atoms with E-state index in [9.17, 15) is 0 Å². The van der Waals surface area contributed by atoms with Crippen molar-refractivity contribution in [2.45, 2.75) is 53.4 Å². The summed E-state index contributed by atoms with van der Waals surface area (Å²) in [5, 5.41) is 0. The summed E-state index contributed by atoms with van der Waals surface area (Å²) < 4.78 is 0. The molecular formula is C21H30. The van der Waals surface area contributed by atoms with Gasteiger partial charge in [0, 0.05) is 5.41 Å². The first-order valence-corrected chi connectivity index (χ1v) is 8.23. The summed E-state index contributed by atoms with van der Waals surface area (Å²) in [6.45, 7) is 17.1. The van der Waals surface area contributed by atoms with E-state index in [0.29, 0.717) is 5.92 Å². The third kappa shape index (κ3) is 2.64. The molecular weight excluding hydrogens is 252 g/mol. The number of rotatable bonds is 4. The number of fused-ring (bicyclic) bond motifs is 1. The van der Waals surface area contributed by atoms with Gasteiger partial charge < -0.3 is 0 Å². The molecule has 2 rings (SSSR count). The van der Waals surface area contributed by atoms with E-state index in [1.165, 1.54) is 22.3 Å². The van der Waals surface area contributed by atoms with Crippen molar-refractivity contribution in [3.63, 3.8) is 0 Å². The molecule has 1 aliphatic rings. The lowest BCUT2D eigenvalue weighted by molar-refractivity contribution is 0.364. The third-order valence-electron chi connectivity index (χ3n) is 4.55. The molecule has 0 radical (unpaired) electrons. The van der Waals surface area contributed by atoms with Gasteiger partial charge in [-0.25, -0.2) is 0 Å². The van der Waals surface area contributed by atoms with Gasteiger partial charge in [-0.05, 0) is 41.5 Å². The Morgan fingerprint density at radius 3 is 2.29 bits per heavy atom. The summed E-state index contributed by atoms with van der Waals surface area (Å²) in [4.78, 5) is 0. The van der Waals surface area contributed by atoms with Gasteiger partial charge in [-0.2, -0.15) is 0 Å². The van der Waals surface area contributed by atoms with Gasteiger partial charge >= 0.3 is 0 Å². The van der Waals surface area contributed by atoms with Crippen molar-refractivity contribution in [3.8, 4) is 0 Å². The average Bonchev–Trinajstić information content (AvgIpc) is 2.80. The molecule has 0 aromatic heterocycles. The number of benzene rings is 1. The smallest absolute Gasteiger partial charge is 0.0235 e. The lowest BCUT2D eigenvalue weighted by Gasteiger charge is -2.36. The zero-order chi connectivity index (χ0) is 16.0. The summed E-state index contributed by atoms with van der Waals surface area (Å²) in [5.74, 6) is 0.564. The fourth-order valence-corrected chi connectivity index (χ4v) is 3.69. The molecule has 21 heavy (non-hydrogen) atoms. The molecule has 0 amide bonds. The van der Waals surface area contributed by atoms with E-state index >= 15 is 0 Å². The van der Waals surface area contributed by atoms with Crippen LogP contribution in [0.1, 0.15) is 59.1 Å².